The highest BCUT2D eigenvalue weighted by molar-refractivity contribution is 6.62. The average Bonchev–Trinajstić information content (AvgIpc) is 3.28. The number of nitrogens with zero attached hydrogens (tertiary/aromatic N) is 1. The van der Waals surface area contributed by atoms with Crippen molar-refractivity contribution in [3.8, 4) is 22.3 Å². The van der Waals surface area contributed by atoms with Crippen molar-refractivity contribution in [2.24, 2.45) is 0 Å². The van der Waals surface area contributed by atoms with E-state index in [0.717, 1.165) is 28.1 Å². The standard InChI is InChI=1S/C40H36BNO2/c1-39(2)40(3,4)44-41(43-39)34-18-12-20-36(28-34)42(38-22-11-16-32-15-8-9-21-37(32)38)35-19-10-17-33(27-35)31-25-23-30(24-26-31)29-13-6-5-7-14-29/h5-28H,1-4H3. The molecular formula is C40H36BNO2. The van der Waals surface area contributed by atoms with Crippen molar-refractivity contribution >= 4 is 40.4 Å². The second kappa shape index (κ2) is 11.1. The summed E-state index contributed by atoms with van der Waals surface area (Å²) in [5.41, 5.74) is 8.19. The normalized spacial score (nSPS) is 15.4. The van der Waals surface area contributed by atoms with E-state index >= 15 is 0 Å². The molecule has 6 aromatic rings. The zero-order valence-electron chi connectivity index (χ0n) is 25.7. The van der Waals surface area contributed by atoms with Crippen LogP contribution in [0.3, 0.4) is 0 Å². The van der Waals surface area contributed by atoms with E-state index in [1.807, 2.05) is 0 Å². The van der Waals surface area contributed by atoms with Crippen LogP contribution in [0.15, 0.2) is 146 Å². The van der Waals surface area contributed by atoms with Crippen molar-refractivity contribution in [2.45, 2.75) is 38.9 Å². The molecule has 216 valence electrons. The monoisotopic (exact) mass is 573 g/mol. The van der Waals surface area contributed by atoms with Crippen LogP contribution in [0.2, 0.25) is 0 Å². The van der Waals surface area contributed by atoms with Crippen LogP contribution >= 0.6 is 0 Å². The highest BCUT2D eigenvalue weighted by Gasteiger charge is 2.51. The SMILES string of the molecule is CC1(C)OB(c2cccc(N(c3cccc(-c4ccc(-c5ccccc5)cc4)c3)c3cccc4ccccc34)c2)OC1(C)C. The lowest BCUT2D eigenvalue weighted by atomic mass is 9.79. The Kier molecular flexibility index (Phi) is 7.12. The third kappa shape index (κ3) is 5.21. The fourth-order valence-corrected chi connectivity index (χ4v) is 5.93. The Morgan fingerprint density at radius 1 is 0.477 bits per heavy atom. The van der Waals surface area contributed by atoms with Gasteiger partial charge < -0.3 is 14.2 Å². The minimum Gasteiger partial charge on any atom is -0.399 e. The molecule has 0 aromatic heterocycles. The largest absolute Gasteiger partial charge is 0.494 e. The van der Waals surface area contributed by atoms with Crippen LogP contribution < -0.4 is 10.4 Å². The Balaban J connectivity index is 1.32. The first-order chi connectivity index (χ1) is 21.3. The molecule has 0 unspecified atom stereocenters. The first-order valence-corrected chi connectivity index (χ1v) is 15.3. The van der Waals surface area contributed by atoms with Crippen LogP contribution in [-0.4, -0.2) is 18.3 Å². The average molecular weight is 574 g/mol. The number of fused-ring (bicyclic) bond motifs is 1. The van der Waals surface area contributed by atoms with Crippen LogP contribution in [0, 0.1) is 0 Å². The Bertz CT molecular complexity index is 1910. The van der Waals surface area contributed by atoms with E-state index in [4.69, 9.17) is 9.31 Å². The number of hydrogen-bond donors (Lipinski definition) is 0. The molecule has 0 spiro atoms. The zero-order valence-corrected chi connectivity index (χ0v) is 25.7. The first-order valence-electron chi connectivity index (χ1n) is 15.3. The van der Waals surface area contributed by atoms with E-state index in [1.165, 1.54) is 27.5 Å². The molecule has 0 aliphatic carbocycles. The van der Waals surface area contributed by atoms with Gasteiger partial charge in [0.15, 0.2) is 0 Å². The second-order valence-electron chi connectivity index (χ2n) is 12.5. The van der Waals surface area contributed by atoms with E-state index in [-0.39, 0.29) is 0 Å². The Morgan fingerprint density at radius 3 is 1.73 bits per heavy atom. The van der Waals surface area contributed by atoms with Crippen molar-refractivity contribution < 1.29 is 9.31 Å². The molecule has 1 aliphatic heterocycles. The van der Waals surface area contributed by atoms with Crippen molar-refractivity contribution in [1.82, 2.24) is 0 Å². The lowest BCUT2D eigenvalue weighted by molar-refractivity contribution is 0.00578. The van der Waals surface area contributed by atoms with Crippen molar-refractivity contribution in [3.05, 3.63) is 146 Å². The molecule has 44 heavy (non-hydrogen) atoms. The van der Waals surface area contributed by atoms with Crippen LogP contribution in [-0.2, 0) is 9.31 Å². The van der Waals surface area contributed by atoms with Gasteiger partial charge in [-0.2, -0.15) is 0 Å². The van der Waals surface area contributed by atoms with Gasteiger partial charge in [0.1, 0.15) is 0 Å². The molecule has 0 N–H and O–H groups in total. The maximum atomic E-state index is 6.44. The minimum atomic E-state index is -0.441. The molecule has 0 radical (unpaired) electrons. The Hall–Kier alpha value is -4.64. The molecule has 1 saturated heterocycles. The highest BCUT2D eigenvalue weighted by Crippen LogP contribution is 2.41. The van der Waals surface area contributed by atoms with Crippen molar-refractivity contribution in [2.75, 3.05) is 4.90 Å². The predicted molar refractivity (Wildman–Crippen MR) is 185 cm³/mol. The molecule has 0 amide bonds. The summed E-state index contributed by atoms with van der Waals surface area (Å²) in [5, 5.41) is 2.39. The van der Waals surface area contributed by atoms with Crippen LogP contribution in [0.1, 0.15) is 27.7 Å². The predicted octanol–water partition coefficient (Wildman–Crippen LogP) is 9.94. The lowest BCUT2D eigenvalue weighted by Crippen LogP contribution is -2.41. The third-order valence-electron chi connectivity index (χ3n) is 9.09. The van der Waals surface area contributed by atoms with Gasteiger partial charge in [0, 0.05) is 16.8 Å². The molecular weight excluding hydrogens is 537 g/mol. The molecule has 4 heteroatoms. The molecule has 6 aromatic carbocycles. The molecule has 0 bridgehead atoms. The highest BCUT2D eigenvalue weighted by atomic mass is 16.7. The number of rotatable bonds is 6. The maximum absolute atomic E-state index is 6.44. The zero-order chi connectivity index (χ0) is 30.3. The van der Waals surface area contributed by atoms with Crippen LogP contribution in [0.4, 0.5) is 17.1 Å². The first kappa shape index (κ1) is 28.2. The topological polar surface area (TPSA) is 21.7 Å². The summed E-state index contributed by atoms with van der Waals surface area (Å²) in [6.45, 7) is 8.38. The molecule has 3 nitrogen and oxygen atoms in total. The summed E-state index contributed by atoms with van der Waals surface area (Å²) in [6, 6.07) is 51.7. The summed E-state index contributed by atoms with van der Waals surface area (Å²) in [5.74, 6) is 0. The molecule has 7 rings (SSSR count). The Morgan fingerprint density at radius 2 is 1.00 bits per heavy atom. The number of anilines is 3. The van der Waals surface area contributed by atoms with Gasteiger partial charge >= 0.3 is 7.12 Å². The van der Waals surface area contributed by atoms with Gasteiger partial charge in [-0.3, -0.25) is 0 Å². The van der Waals surface area contributed by atoms with Gasteiger partial charge in [-0.25, -0.2) is 0 Å². The number of benzene rings is 6. The fraction of sp³-hybridized carbons (Fsp3) is 0.150. The second-order valence-corrected chi connectivity index (χ2v) is 12.5. The third-order valence-corrected chi connectivity index (χ3v) is 9.09. The van der Waals surface area contributed by atoms with Gasteiger partial charge in [0.05, 0.1) is 16.9 Å². The van der Waals surface area contributed by atoms with E-state index in [1.54, 1.807) is 0 Å². The van der Waals surface area contributed by atoms with Gasteiger partial charge in [0.25, 0.3) is 0 Å². The smallest absolute Gasteiger partial charge is 0.399 e. The maximum Gasteiger partial charge on any atom is 0.494 e. The van der Waals surface area contributed by atoms with Gasteiger partial charge in [-0.15, -0.1) is 0 Å². The number of hydrogen-bond acceptors (Lipinski definition) is 3. The quantitative estimate of drug-likeness (QED) is 0.185. The molecule has 0 saturated carbocycles. The van der Waals surface area contributed by atoms with E-state index in [0.29, 0.717) is 0 Å². The molecule has 1 fully saturated rings. The minimum absolute atomic E-state index is 0.409. The van der Waals surface area contributed by atoms with Crippen molar-refractivity contribution in [3.63, 3.8) is 0 Å². The Labute approximate surface area is 260 Å². The van der Waals surface area contributed by atoms with Gasteiger partial charge in [-0.1, -0.05) is 115 Å². The van der Waals surface area contributed by atoms with Gasteiger partial charge in [-0.05, 0) is 91.1 Å². The molecule has 0 atom stereocenters. The summed E-state index contributed by atoms with van der Waals surface area (Å²) >= 11 is 0. The molecule has 1 aliphatic rings. The molecule has 1 heterocycles. The van der Waals surface area contributed by atoms with Crippen molar-refractivity contribution in [1.29, 1.82) is 0 Å². The van der Waals surface area contributed by atoms with Gasteiger partial charge in [0.2, 0.25) is 0 Å². The fourth-order valence-electron chi connectivity index (χ4n) is 5.93. The van der Waals surface area contributed by atoms with E-state index < -0.39 is 18.3 Å². The van der Waals surface area contributed by atoms with Crippen LogP contribution in [0.25, 0.3) is 33.0 Å². The van der Waals surface area contributed by atoms with E-state index in [2.05, 4.69) is 178 Å². The summed E-state index contributed by atoms with van der Waals surface area (Å²) in [6.07, 6.45) is 0. The summed E-state index contributed by atoms with van der Waals surface area (Å²) in [7, 11) is -0.441. The summed E-state index contributed by atoms with van der Waals surface area (Å²) in [4.78, 5) is 2.35. The van der Waals surface area contributed by atoms with E-state index in [9.17, 15) is 0 Å². The van der Waals surface area contributed by atoms with Crippen LogP contribution in [0.5, 0.6) is 0 Å². The summed E-state index contributed by atoms with van der Waals surface area (Å²) < 4.78 is 12.9. The lowest BCUT2D eigenvalue weighted by Gasteiger charge is -2.32.